The van der Waals surface area contributed by atoms with Crippen LogP contribution in [-0.2, 0) is 16.0 Å². The average Bonchev–Trinajstić information content (AvgIpc) is 2.86. The molecule has 5 nitrogen and oxygen atoms in total. The smallest absolute Gasteiger partial charge is 0.326 e. The van der Waals surface area contributed by atoms with Crippen LogP contribution in [0.1, 0.15) is 89.5 Å². The number of hydrogen-bond acceptors (Lipinski definition) is 3. The molecule has 1 aromatic carbocycles. The highest BCUT2D eigenvalue weighted by molar-refractivity contribution is 5.83. The Morgan fingerprint density at radius 2 is 1.31 bits per heavy atom. The molecule has 1 amide bonds. The number of hydrogen-bond donors (Lipinski definition) is 3. The molecule has 3 N–H and O–H groups in total. The number of benzene rings is 1. The van der Waals surface area contributed by atoms with Crippen molar-refractivity contribution < 1.29 is 19.8 Å². The van der Waals surface area contributed by atoms with E-state index in [1.165, 1.54) is 37.8 Å². The molecular weight excluding hydrogens is 450 g/mol. The molecule has 0 aliphatic rings. The minimum atomic E-state index is -1.06. The lowest BCUT2D eigenvalue weighted by Crippen LogP contribution is -2.42. The minimum Gasteiger partial charge on any atom is -0.508 e. The molecule has 0 aliphatic heterocycles. The number of unbranched alkanes of at least 4 members (excludes halogenated alkanes) is 6. The Labute approximate surface area is 217 Å². The second-order valence-electron chi connectivity index (χ2n) is 9.02. The van der Waals surface area contributed by atoms with Crippen LogP contribution in [0.4, 0.5) is 0 Å². The number of phenolic OH excluding ortho intramolecular Hbond substituents is 1. The van der Waals surface area contributed by atoms with E-state index < -0.39 is 12.0 Å². The highest BCUT2D eigenvalue weighted by atomic mass is 16.4. The van der Waals surface area contributed by atoms with Crippen LogP contribution in [0.25, 0.3) is 0 Å². The second-order valence-corrected chi connectivity index (χ2v) is 9.02. The van der Waals surface area contributed by atoms with Gasteiger partial charge in [0.15, 0.2) is 0 Å². The number of carboxylic acid groups (broad SMARTS) is 1. The van der Waals surface area contributed by atoms with Crippen molar-refractivity contribution >= 4 is 11.9 Å². The van der Waals surface area contributed by atoms with Gasteiger partial charge in [-0.1, -0.05) is 86.9 Å². The molecular formula is C31H45NO4. The first kappa shape index (κ1) is 31.0. The monoisotopic (exact) mass is 495 g/mol. The highest BCUT2D eigenvalue weighted by Crippen LogP contribution is 2.12. The molecule has 5 heteroatoms. The first-order valence-electron chi connectivity index (χ1n) is 13.4. The molecule has 36 heavy (non-hydrogen) atoms. The molecule has 198 valence electrons. The number of aliphatic carboxylic acids is 1. The van der Waals surface area contributed by atoms with Crippen molar-refractivity contribution in [3.05, 3.63) is 78.4 Å². The quantitative estimate of drug-likeness (QED) is 0.130. The summed E-state index contributed by atoms with van der Waals surface area (Å²) in [5.41, 5.74) is 0.750. The number of nitrogens with one attached hydrogen (secondary N) is 1. The molecule has 0 spiro atoms. The number of carbonyl (C=O) groups excluding carboxylic acids is 1. The summed E-state index contributed by atoms with van der Waals surface area (Å²) in [5, 5.41) is 21.3. The first-order valence-corrected chi connectivity index (χ1v) is 13.4. The normalized spacial score (nSPS) is 12.8. The summed E-state index contributed by atoms with van der Waals surface area (Å²) < 4.78 is 0. The Hall–Kier alpha value is -3.08. The third-order valence-corrected chi connectivity index (χ3v) is 5.74. The maximum Gasteiger partial charge on any atom is 0.326 e. The fraction of sp³-hybridized carbons (Fsp3) is 0.484. The number of allylic oxidation sites excluding steroid dienone is 8. The van der Waals surface area contributed by atoms with Crippen molar-refractivity contribution in [2.45, 2.75) is 96.4 Å². The van der Waals surface area contributed by atoms with Crippen molar-refractivity contribution in [3.8, 4) is 5.75 Å². The summed E-state index contributed by atoms with van der Waals surface area (Å²) in [7, 11) is 0. The van der Waals surface area contributed by atoms with Crippen LogP contribution in [0.2, 0.25) is 0 Å². The van der Waals surface area contributed by atoms with Crippen LogP contribution < -0.4 is 5.32 Å². The molecule has 0 bridgehead atoms. The lowest BCUT2D eigenvalue weighted by Gasteiger charge is -2.14. The Balaban J connectivity index is 2.06. The zero-order valence-corrected chi connectivity index (χ0v) is 21.9. The van der Waals surface area contributed by atoms with E-state index in [0.717, 1.165) is 50.5 Å². The molecule has 1 rings (SSSR count). The predicted molar refractivity (Wildman–Crippen MR) is 149 cm³/mol. The third kappa shape index (κ3) is 17.4. The van der Waals surface area contributed by atoms with E-state index in [4.69, 9.17) is 0 Å². The average molecular weight is 496 g/mol. The first-order chi connectivity index (χ1) is 17.5. The second kappa shape index (κ2) is 21.2. The maximum atomic E-state index is 12.1. The SMILES string of the molecule is CCCCC/C=C\C/C=C\C/C=C\C/C=C\CCCCCC(=O)N[C@@H](Cc1ccc(O)cc1)C(=O)O. The van der Waals surface area contributed by atoms with Gasteiger partial charge >= 0.3 is 5.97 Å². The van der Waals surface area contributed by atoms with Gasteiger partial charge in [0.2, 0.25) is 5.91 Å². The largest absolute Gasteiger partial charge is 0.508 e. The molecule has 0 saturated heterocycles. The summed E-state index contributed by atoms with van der Waals surface area (Å²) >= 11 is 0. The Bertz CT molecular complexity index is 837. The lowest BCUT2D eigenvalue weighted by atomic mass is 10.1. The van der Waals surface area contributed by atoms with Crippen LogP contribution in [0.3, 0.4) is 0 Å². The van der Waals surface area contributed by atoms with Crippen molar-refractivity contribution in [3.63, 3.8) is 0 Å². The van der Waals surface area contributed by atoms with Crippen molar-refractivity contribution in [2.75, 3.05) is 0 Å². The topological polar surface area (TPSA) is 86.6 Å². The number of carbonyl (C=O) groups is 2. The molecule has 1 aromatic rings. The Morgan fingerprint density at radius 1 is 0.778 bits per heavy atom. The Kier molecular flexibility index (Phi) is 18.2. The number of amides is 1. The third-order valence-electron chi connectivity index (χ3n) is 5.74. The fourth-order valence-corrected chi connectivity index (χ4v) is 3.62. The molecule has 0 aliphatic carbocycles. The fourth-order valence-electron chi connectivity index (χ4n) is 3.62. The lowest BCUT2D eigenvalue weighted by molar-refractivity contribution is -0.141. The van der Waals surface area contributed by atoms with Crippen LogP contribution in [0, 0.1) is 0 Å². The van der Waals surface area contributed by atoms with E-state index in [0.29, 0.717) is 6.42 Å². The van der Waals surface area contributed by atoms with E-state index in [-0.39, 0.29) is 18.1 Å². The molecule has 0 heterocycles. The van der Waals surface area contributed by atoms with Gasteiger partial charge < -0.3 is 15.5 Å². The zero-order chi connectivity index (χ0) is 26.3. The minimum absolute atomic E-state index is 0.126. The van der Waals surface area contributed by atoms with Gasteiger partial charge in [0.25, 0.3) is 0 Å². The summed E-state index contributed by atoms with van der Waals surface area (Å²) in [6, 6.07) is 5.37. The van der Waals surface area contributed by atoms with E-state index in [1.54, 1.807) is 12.1 Å². The van der Waals surface area contributed by atoms with Gasteiger partial charge in [0.05, 0.1) is 0 Å². The molecule has 0 saturated carbocycles. The van der Waals surface area contributed by atoms with Crippen LogP contribution in [-0.4, -0.2) is 28.1 Å². The summed E-state index contributed by atoms with van der Waals surface area (Å²) in [5.74, 6) is -1.17. The van der Waals surface area contributed by atoms with Gasteiger partial charge in [-0.3, -0.25) is 4.79 Å². The van der Waals surface area contributed by atoms with Crippen LogP contribution in [0.5, 0.6) is 5.75 Å². The summed E-state index contributed by atoms with van der Waals surface area (Å²) in [6.45, 7) is 2.23. The van der Waals surface area contributed by atoms with Crippen molar-refractivity contribution in [2.24, 2.45) is 0 Å². The number of phenols is 1. The zero-order valence-electron chi connectivity index (χ0n) is 21.9. The van der Waals surface area contributed by atoms with E-state index in [2.05, 4.69) is 60.8 Å². The molecule has 0 radical (unpaired) electrons. The summed E-state index contributed by atoms with van der Waals surface area (Å²) in [6.07, 6.45) is 29.9. The van der Waals surface area contributed by atoms with Gasteiger partial charge in [-0.25, -0.2) is 4.79 Å². The number of carboxylic acids is 1. The van der Waals surface area contributed by atoms with Crippen molar-refractivity contribution in [1.82, 2.24) is 5.32 Å². The maximum absolute atomic E-state index is 12.1. The number of rotatable bonds is 20. The van der Waals surface area contributed by atoms with Crippen molar-refractivity contribution in [1.29, 1.82) is 0 Å². The van der Waals surface area contributed by atoms with Crippen LogP contribution in [0.15, 0.2) is 72.9 Å². The Morgan fingerprint density at radius 3 is 1.83 bits per heavy atom. The van der Waals surface area contributed by atoms with Gasteiger partial charge in [-0.05, 0) is 69.1 Å². The standard InChI is InChI=1S/C31H45NO4/c1-2-3-4-5-6-7-8-9-10-11-12-13-14-15-16-17-18-19-20-21-30(34)32-29(31(35)36)26-27-22-24-28(33)25-23-27/h6-7,9-10,12-13,15-16,22-25,29,33H,2-5,8,11,14,17-21,26H2,1H3,(H,32,34)(H,35,36)/b7-6-,10-9-,13-12-,16-15-/t29-/m0/s1. The molecule has 0 aromatic heterocycles. The van der Waals surface area contributed by atoms with Gasteiger partial charge in [0, 0.05) is 12.8 Å². The molecule has 1 atom stereocenters. The van der Waals surface area contributed by atoms with Gasteiger partial charge in [-0.2, -0.15) is 0 Å². The number of aromatic hydroxyl groups is 1. The predicted octanol–water partition coefficient (Wildman–Crippen LogP) is 7.43. The van der Waals surface area contributed by atoms with Gasteiger partial charge in [0.1, 0.15) is 11.8 Å². The molecule has 0 unspecified atom stereocenters. The van der Waals surface area contributed by atoms with Gasteiger partial charge in [-0.15, -0.1) is 0 Å². The van der Waals surface area contributed by atoms with E-state index in [1.807, 2.05) is 0 Å². The summed E-state index contributed by atoms with van der Waals surface area (Å²) in [4.78, 5) is 23.6. The highest BCUT2D eigenvalue weighted by Gasteiger charge is 2.20. The molecule has 0 fully saturated rings. The van der Waals surface area contributed by atoms with Crippen LogP contribution >= 0.6 is 0 Å². The van der Waals surface area contributed by atoms with E-state index >= 15 is 0 Å². The van der Waals surface area contributed by atoms with E-state index in [9.17, 15) is 19.8 Å².